The zero-order valence-corrected chi connectivity index (χ0v) is 9.46. The fourth-order valence-corrected chi connectivity index (χ4v) is 2.14. The van der Waals surface area contributed by atoms with Crippen molar-refractivity contribution in [3.8, 4) is 0 Å². The molecule has 1 aliphatic heterocycles. The molecule has 1 atom stereocenters. The minimum Gasteiger partial charge on any atom is -0.384 e. The van der Waals surface area contributed by atoms with E-state index in [1.807, 2.05) is 0 Å². The van der Waals surface area contributed by atoms with Gasteiger partial charge in [0.05, 0.1) is 12.1 Å². The van der Waals surface area contributed by atoms with E-state index in [1.54, 1.807) is 23.0 Å². The number of rotatable bonds is 1. The number of anilines is 1. The summed E-state index contributed by atoms with van der Waals surface area (Å²) >= 11 is 0. The lowest BCUT2D eigenvalue weighted by molar-refractivity contribution is -0.134. The van der Waals surface area contributed by atoms with Crippen LogP contribution < -0.4 is 11.1 Å². The number of nitrogens with two attached hydrogens (primary N) is 1. The van der Waals surface area contributed by atoms with Crippen LogP contribution in [0.3, 0.4) is 0 Å². The summed E-state index contributed by atoms with van der Waals surface area (Å²) in [4.78, 5) is 27.1. The monoisotopic (exact) mass is 245 g/mol. The largest absolute Gasteiger partial charge is 0.384 e. The van der Waals surface area contributed by atoms with Crippen LogP contribution in [-0.2, 0) is 9.59 Å². The topological polar surface area (TPSA) is 102 Å². The van der Waals surface area contributed by atoms with E-state index in [2.05, 4.69) is 15.4 Å². The average Bonchev–Trinajstić information content (AvgIpc) is 2.72. The summed E-state index contributed by atoms with van der Waals surface area (Å²) in [5.74, 6) is -0.559. The van der Waals surface area contributed by atoms with Gasteiger partial charge in [0, 0.05) is 18.2 Å². The summed E-state index contributed by atoms with van der Waals surface area (Å²) in [5, 5.41) is 6.45. The molecule has 18 heavy (non-hydrogen) atoms. The van der Waals surface area contributed by atoms with Crippen molar-refractivity contribution in [1.29, 1.82) is 0 Å². The number of fused-ring (bicyclic) bond motifs is 1. The first-order valence-corrected chi connectivity index (χ1v) is 5.58. The Bertz CT molecular complexity index is 648. The van der Waals surface area contributed by atoms with Crippen molar-refractivity contribution in [2.24, 2.45) is 0 Å². The van der Waals surface area contributed by atoms with Crippen molar-refractivity contribution in [3.05, 3.63) is 24.0 Å². The number of nitrogens with zero attached hydrogens (tertiary/aromatic N) is 3. The molecule has 3 heterocycles. The van der Waals surface area contributed by atoms with Gasteiger partial charge in [-0.3, -0.25) is 14.9 Å². The van der Waals surface area contributed by atoms with Crippen LogP contribution >= 0.6 is 0 Å². The summed E-state index contributed by atoms with van der Waals surface area (Å²) in [6.45, 7) is 0. The minimum atomic E-state index is -0.394. The summed E-state index contributed by atoms with van der Waals surface area (Å²) in [6, 6.07) is 1.63. The third-order valence-corrected chi connectivity index (χ3v) is 3.03. The van der Waals surface area contributed by atoms with Crippen molar-refractivity contribution in [2.75, 3.05) is 5.73 Å². The highest BCUT2D eigenvalue weighted by molar-refractivity contribution is 6.01. The third-order valence-electron chi connectivity index (χ3n) is 3.03. The molecule has 7 heteroatoms. The number of aromatic nitrogens is 3. The van der Waals surface area contributed by atoms with E-state index in [4.69, 9.17) is 5.73 Å². The average molecular weight is 245 g/mol. The Hall–Kier alpha value is -2.44. The molecular weight excluding hydrogens is 234 g/mol. The molecule has 1 unspecified atom stereocenters. The Morgan fingerprint density at radius 1 is 1.44 bits per heavy atom. The number of hydrogen-bond acceptors (Lipinski definition) is 5. The standard InChI is InChI=1S/C11H11N5O2/c12-8-3-4-16-10(14-8)7(5-13-16)6-1-2-9(17)15-11(6)18/h3-6H,1-2H2,(H2,12,14)(H,15,17,18). The Balaban J connectivity index is 2.06. The minimum absolute atomic E-state index is 0.236. The lowest BCUT2D eigenvalue weighted by Gasteiger charge is -2.19. The first kappa shape index (κ1) is 10.7. The quantitative estimate of drug-likeness (QED) is 0.679. The van der Waals surface area contributed by atoms with Gasteiger partial charge in [-0.25, -0.2) is 9.50 Å². The maximum Gasteiger partial charge on any atom is 0.234 e. The molecule has 1 saturated heterocycles. The molecule has 0 spiro atoms. The second kappa shape index (κ2) is 3.80. The molecule has 2 aromatic heterocycles. The van der Waals surface area contributed by atoms with Crippen LogP contribution in [0.5, 0.6) is 0 Å². The molecule has 0 aliphatic carbocycles. The van der Waals surface area contributed by atoms with E-state index in [0.29, 0.717) is 29.9 Å². The number of imide groups is 1. The van der Waals surface area contributed by atoms with E-state index >= 15 is 0 Å². The predicted octanol–water partition coefficient (Wildman–Crippen LogP) is -0.168. The molecule has 0 radical (unpaired) electrons. The SMILES string of the molecule is Nc1ccn2ncc(C3CCC(=O)NC3=O)c2n1. The second-order valence-corrected chi connectivity index (χ2v) is 4.22. The number of carbonyl (C=O) groups is 2. The molecule has 0 bridgehead atoms. The van der Waals surface area contributed by atoms with Gasteiger partial charge in [-0.1, -0.05) is 0 Å². The van der Waals surface area contributed by atoms with Gasteiger partial charge in [0.2, 0.25) is 11.8 Å². The first-order chi connectivity index (χ1) is 8.65. The zero-order valence-electron chi connectivity index (χ0n) is 9.46. The Kier molecular flexibility index (Phi) is 2.26. The van der Waals surface area contributed by atoms with Crippen molar-refractivity contribution in [2.45, 2.75) is 18.8 Å². The summed E-state index contributed by atoms with van der Waals surface area (Å²) in [7, 11) is 0. The second-order valence-electron chi connectivity index (χ2n) is 4.22. The fourth-order valence-electron chi connectivity index (χ4n) is 2.14. The van der Waals surface area contributed by atoms with Gasteiger partial charge in [0.1, 0.15) is 5.82 Å². The fraction of sp³-hybridized carbons (Fsp3) is 0.273. The van der Waals surface area contributed by atoms with Gasteiger partial charge in [-0.2, -0.15) is 5.10 Å². The molecule has 2 aromatic rings. The number of amides is 2. The molecule has 7 nitrogen and oxygen atoms in total. The van der Waals surface area contributed by atoms with Gasteiger partial charge in [-0.15, -0.1) is 0 Å². The number of carbonyl (C=O) groups excluding carboxylic acids is 2. The third kappa shape index (κ3) is 1.60. The maximum atomic E-state index is 11.8. The Morgan fingerprint density at radius 2 is 2.28 bits per heavy atom. The van der Waals surface area contributed by atoms with Crippen molar-refractivity contribution in [1.82, 2.24) is 19.9 Å². The van der Waals surface area contributed by atoms with E-state index in [1.165, 1.54) is 0 Å². The van der Waals surface area contributed by atoms with Gasteiger partial charge >= 0.3 is 0 Å². The van der Waals surface area contributed by atoms with Crippen LogP contribution in [0, 0.1) is 0 Å². The highest BCUT2D eigenvalue weighted by atomic mass is 16.2. The number of nitrogens with one attached hydrogen (secondary N) is 1. The molecular formula is C11H11N5O2. The Morgan fingerprint density at radius 3 is 3.06 bits per heavy atom. The van der Waals surface area contributed by atoms with Crippen molar-refractivity contribution >= 4 is 23.3 Å². The number of nitrogen functional groups attached to an aromatic ring is 1. The molecule has 3 N–H and O–H groups in total. The molecule has 1 fully saturated rings. The first-order valence-electron chi connectivity index (χ1n) is 5.58. The van der Waals surface area contributed by atoms with Crippen LogP contribution in [0.4, 0.5) is 5.82 Å². The summed E-state index contributed by atoms with van der Waals surface area (Å²) < 4.78 is 1.56. The van der Waals surface area contributed by atoms with E-state index < -0.39 is 5.92 Å². The number of piperidine rings is 1. The van der Waals surface area contributed by atoms with Crippen molar-refractivity contribution in [3.63, 3.8) is 0 Å². The van der Waals surface area contributed by atoms with Gasteiger partial charge < -0.3 is 5.73 Å². The Labute approximate surface area is 102 Å². The highest BCUT2D eigenvalue weighted by Gasteiger charge is 2.30. The van der Waals surface area contributed by atoms with E-state index in [-0.39, 0.29) is 11.8 Å². The van der Waals surface area contributed by atoms with Crippen LogP contribution in [0.1, 0.15) is 24.3 Å². The molecule has 1 aliphatic rings. The van der Waals surface area contributed by atoms with Gasteiger partial charge in [0.15, 0.2) is 5.65 Å². The van der Waals surface area contributed by atoms with Gasteiger partial charge in [0.25, 0.3) is 0 Å². The lowest BCUT2D eigenvalue weighted by Crippen LogP contribution is -2.39. The smallest absolute Gasteiger partial charge is 0.234 e. The van der Waals surface area contributed by atoms with Crippen molar-refractivity contribution < 1.29 is 9.59 Å². The highest BCUT2D eigenvalue weighted by Crippen LogP contribution is 2.27. The van der Waals surface area contributed by atoms with Crippen LogP contribution in [0.15, 0.2) is 18.5 Å². The van der Waals surface area contributed by atoms with E-state index in [0.717, 1.165) is 0 Å². The molecule has 0 saturated carbocycles. The van der Waals surface area contributed by atoms with E-state index in [9.17, 15) is 9.59 Å². The number of hydrogen-bond donors (Lipinski definition) is 2. The summed E-state index contributed by atoms with van der Waals surface area (Å²) in [5.41, 5.74) is 6.89. The zero-order chi connectivity index (χ0) is 12.7. The molecule has 92 valence electrons. The van der Waals surface area contributed by atoms with Crippen LogP contribution in [0.25, 0.3) is 5.65 Å². The van der Waals surface area contributed by atoms with Gasteiger partial charge in [-0.05, 0) is 12.5 Å². The predicted molar refractivity (Wildman–Crippen MR) is 62.5 cm³/mol. The maximum absolute atomic E-state index is 11.8. The molecule has 2 amide bonds. The molecule has 3 rings (SSSR count). The van der Waals surface area contributed by atoms with Crippen LogP contribution in [0.2, 0.25) is 0 Å². The van der Waals surface area contributed by atoms with Crippen LogP contribution in [-0.4, -0.2) is 26.4 Å². The summed E-state index contributed by atoms with van der Waals surface area (Å²) in [6.07, 6.45) is 4.09. The normalized spacial score (nSPS) is 20.1. The lowest BCUT2D eigenvalue weighted by atomic mass is 9.92. The molecule has 0 aromatic carbocycles.